The molecule has 4 rings (SSSR count). The highest BCUT2D eigenvalue weighted by Crippen LogP contribution is 2.40. The van der Waals surface area contributed by atoms with Crippen LogP contribution in [0.25, 0.3) is 0 Å². The number of piperidine rings is 1. The van der Waals surface area contributed by atoms with E-state index in [2.05, 4.69) is 34.1 Å². The lowest BCUT2D eigenvalue weighted by Gasteiger charge is -2.45. The Bertz CT molecular complexity index is 705. The first-order valence-corrected chi connectivity index (χ1v) is 12.3. The molecule has 1 aliphatic carbocycles. The van der Waals surface area contributed by atoms with E-state index in [4.69, 9.17) is 4.74 Å². The van der Waals surface area contributed by atoms with Crippen LogP contribution in [0.3, 0.4) is 0 Å². The van der Waals surface area contributed by atoms with Crippen molar-refractivity contribution in [2.75, 3.05) is 39.3 Å². The van der Waals surface area contributed by atoms with E-state index >= 15 is 0 Å². The predicted molar refractivity (Wildman–Crippen MR) is 122 cm³/mol. The summed E-state index contributed by atoms with van der Waals surface area (Å²) in [4.78, 5) is 17.3. The summed E-state index contributed by atoms with van der Waals surface area (Å²) in [5, 5.41) is 0. The number of nitrogens with zero attached hydrogens (tertiary/aromatic N) is 2. The van der Waals surface area contributed by atoms with Crippen LogP contribution in [0.1, 0.15) is 64.4 Å². The second kappa shape index (κ2) is 9.72. The molecule has 1 spiro atoms. The molecule has 4 heteroatoms. The number of benzene rings is 1. The molecule has 1 amide bonds. The van der Waals surface area contributed by atoms with E-state index in [1.165, 1.54) is 50.8 Å². The molecule has 0 N–H and O–H groups in total. The van der Waals surface area contributed by atoms with Crippen LogP contribution >= 0.6 is 0 Å². The standard InChI is InChI=1S/C26H40N2O2/c1-21(2)25(29)28-15-13-26(14-16-28)12-6-5-8-23-7-3-4-9-24(23)30-18-17-27(20-26)19-22-10-11-22/h3-4,7,9,21-22H,5-6,8,10-20H2,1-2H3. The van der Waals surface area contributed by atoms with E-state index in [-0.39, 0.29) is 5.92 Å². The summed E-state index contributed by atoms with van der Waals surface area (Å²) in [5.74, 6) is 2.42. The number of hydrogen-bond donors (Lipinski definition) is 0. The van der Waals surface area contributed by atoms with Gasteiger partial charge >= 0.3 is 0 Å². The minimum Gasteiger partial charge on any atom is -0.492 e. The van der Waals surface area contributed by atoms with Crippen LogP contribution in [0.15, 0.2) is 24.3 Å². The number of ether oxygens (including phenoxy) is 1. The van der Waals surface area contributed by atoms with Crippen molar-refractivity contribution < 1.29 is 9.53 Å². The Hall–Kier alpha value is -1.55. The Morgan fingerprint density at radius 3 is 2.60 bits per heavy atom. The lowest BCUT2D eigenvalue weighted by atomic mass is 9.73. The van der Waals surface area contributed by atoms with Gasteiger partial charge in [-0.1, -0.05) is 38.5 Å². The largest absolute Gasteiger partial charge is 0.492 e. The van der Waals surface area contributed by atoms with Crippen molar-refractivity contribution in [1.82, 2.24) is 9.80 Å². The zero-order valence-corrected chi connectivity index (χ0v) is 19.1. The number of rotatable bonds is 3. The van der Waals surface area contributed by atoms with Crippen LogP contribution in [0, 0.1) is 17.3 Å². The molecule has 2 fully saturated rings. The molecule has 166 valence electrons. The lowest BCUT2D eigenvalue weighted by Crippen LogP contribution is -2.49. The lowest BCUT2D eigenvalue weighted by molar-refractivity contribution is -0.137. The highest BCUT2D eigenvalue weighted by molar-refractivity contribution is 5.78. The van der Waals surface area contributed by atoms with Crippen LogP contribution in [0.2, 0.25) is 0 Å². The topological polar surface area (TPSA) is 32.8 Å². The van der Waals surface area contributed by atoms with E-state index < -0.39 is 0 Å². The molecular formula is C26H40N2O2. The van der Waals surface area contributed by atoms with Gasteiger partial charge in [0.25, 0.3) is 0 Å². The highest BCUT2D eigenvalue weighted by atomic mass is 16.5. The van der Waals surface area contributed by atoms with Crippen molar-refractivity contribution in [2.24, 2.45) is 17.3 Å². The SMILES string of the molecule is CC(C)C(=O)N1CCC2(CCCCc3ccccc3OCCN(CC3CC3)C2)CC1. The van der Waals surface area contributed by atoms with Gasteiger partial charge in [0.1, 0.15) is 12.4 Å². The maximum Gasteiger partial charge on any atom is 0.225 e. The minimum atomic E-state index is 0.110. The number of carbonyl (C=O) groups is 1. The summed E-state index contributed by atoms with van der Waals surface area (Å²) >= 11 is 0. The van der Waals surface area contributed by atoms with Gasteiger partial charge in [0, 0.05) is 38.6 Å². The number of amides is 1. The van der Waals surface area contributed by atoms with E-state index in [1.807, 2.05) is 13.8 Å². The number of fused-ring (bicyclic) bond motifs is 1. The van der Waals surface area contributed by atoms with Crippen LogP contribution in [-0.2, 0) is 11.2 Å². The first kappa shape index (κ1) is 21.7. The van der Waals surface area contributed by atoms with Crippen LogP contribution in [-0.4, -0.2) is 55.0 Å². The number of hydrogen-bond acceptors (Lipinski definition) is 3. The predicted octanol–water partition coefficient (Wildman–Crippen LogP) is 4.77. The van der Waals surface area contributed by atoms with Gasteiger partial charge in [0.05, 0.1) is 0 Å². The molecule has 0 aromatic heterocycles. The molecule has 2 heterocycles. The van der Waals surface area contributed by atoms with Gasteiger partial charge in [-0.05, 0) is 67.9 Å². The third kappa shape index (κ3) is 5.57. The number of carbonyl (C=O) groups excluding carboxylic acids is 1. The molecule has 0 atom stereocenters. The molecule has 1 saturated heterocycles. The van der Waals surface area contributed by atoms with Crippen LogP contribution < -0.4 is 4.74 Å². The van der Waals surface area contributed by atoms with E-state index in [1.54, 1.807) is 0 Å². The molecule has 1 saturated carbocycles. The second-order valence-corrected chi connectivity index (χ2v) is 10.3. The summed E-state index contributed by atoms with van der Waals surface area (Å²) in [6.45, 7) is 10.1. The van der Waals surface area contributed by atoms with Crippen molar-refractivity contribution >= 4 is 5.91 Å². The van der Waals surface area contributed by atoms with Gasteiger partial charge in [-0.15, -0.1) is 0 Å². The Kier molecular flexibility index (Phi) is 7.02. The first-order valence-electron chi connectivity index (χ1n) is 12.3. The first-order chi connectivity index (χ1) is 14.5. The molecule has 0 radical (unpaired) electrons. The molecular weight excluding hydrogens is 372 g/mol. The summed E-state index contributed by atoms with van der Waals surface area (Å²) in [6.07, 6.45) is 9.99. The van der Waals surface area contributed by atoms with Gasteiger partial charge in [-0.25, -0.2) is 0 Å². The fourth-order valence-corrected chi connectivity index (χ4v) is 5.38. The summed E-state index contributed by atoms with van der Waals surface area (Å²) in [5.41, 5.74) is 1.72. The Morgan fingerprint density at radius 2 is 1.87 bits per heavy atom. The third-order valence-corrected chi connectivity index (χ3v) is 7.44. The molecule has 4 nitrogen and oxygen atoms in total. The van der Waals surface area contributed by atoms with Crippen molar-refractivity contribution in [3.05, 3.63) is 29.8 Å². The molecule has 2 aliphatic heterocycles. The molecule has 1 aromatic rings. The summed E-state index contributed by atoms with van der Waals surface area (Å²) < 4.78 is 6.25. The Labute approximate surface area is 183 Å². The van der Waals surface area contributed by atoms with Crippen LogP contribution in [0.4, 0.5) is 0 Å². The maximum absolute atomic E-state index is 12.5. The third-order valence-electron chi connectivity index (χ3n) is 7.44. The Balaban J connectivity index is 1.46. The Morgan fingerprint density at radius 1 is 1.10 bits per heavy atom. The number of likely N-dealkylation sites (tertiary alicyclic amines) is 1. The van der Waals surface area contributed by atoms with E-state index in [9.17, 15) is 4.79 Å². The average molecular weight is 413 g/mol. The summed E-state index contributed by atoms with van der Waals surface area (Å²) in [7, 11) is 0. The molecule has 3 aliphatic rings. The minimum absolute atomic E-state index is 0.110. The van der Waals surface area contributed by atoms with E-state index in [0.717, 1.165) is 57.2 Å². The van der Waals surface area contributed by atoms with Gasteiger partial charge in [0.15, 0.2) is 0 Å². The monoisotopic (exact) mass is 412 g/mol. The summed E-state index contributed by atoms with van der Waals surface area (Å²) in [6, 6.07) is 8.59. The van der Waals surface area contributed by atoms with Gasteiger partial charge < -0.3 is 9.64 Å². The highest BCUT2D eigenvalue weighted by Gasteiger charge is 2.38. The quantitative estimate of drug-likeness (QED) is 0.717. The molecule has 30 heavy (non-hydrogen) atoms. The fourth-order valence-electron chi connectivity index (χ4n) is 5.38. The molecule has 1 aromatic carbocycles. The van der Waals surface area contributed by atoms with Gasteiger partial charge in [-0.3, -0.25) is 9.69 Å². The number of para-hydroxylation sites is 1. The zero-order chi connectivity index (χ0) is 21.0. The normalized spacial score (nSPS) is 23.4. The average Bonchev–Trinajstić information content (AvgIpc) is 3.55. The van der Waals surface area contributed by atoms with Crippen molar-refractivity contribution in [2.45, 2.75) is 65.2 Å². The maximum atomic E-state index is 12.5. The molecule has 0 unspecified atom stereocenters. The van der Waals surface area contributed by atoms with Gasteiger partial charge in [0.2, 0.25) is 5.91 Å². The fraction of sp³-hybridized carbons (Fsp3) is 0.731. The molecule has 0 bridgehead atoms. The van der Waals surface area contributed by atoms with Crippen LogP contribution in [0.5, 0.6) is 5.75 Å². The smallest absolute Gasteiger partial charge is 0.225 e. The van der Waals surface area contributed by atoms with E-state index in [0.29, 0.717) is 11.3 Å². The zero-order valence-electron chi connectivity index (χ0n) is 19.1. The van der Waals surface area contributed by atoms with Crippen molar-refractivity contribution in [1.29, 1.82) is 0 Å². The van der Waals surface area contributed by atoms with Gasteiger partial charge in [-0.2, -0.15) is 0 Å². The van der Waals surface area contributed by atoms with Crippen molar-refractivity contribution in [3.8, 4) is 5.75 Å². The second-order valence-electron chi connectivity index (χ2n) is 10.3. The van der Waals surface area contributed by atoms with Crippen molar-refractivity contribution in [3.63, 3.8) is 0 Å². The number of aryl methyl sites for hydroxylation is 1.